The molecule has 0 bridgehead atoms. The number of nitrogens with zero attached hydrogens (tertiary/aromatic N) is 2. The third-order valence-corrected chi connectivity index (χ3v) is 6.57. The van der Waals surface area contributed by atoms with E-state index in [2.05, 4.69) is 10.2 Å². The number of anilines is 2. The molecule has 0 aliphatic carbocycles. The largest absolute Gasteiger partial charge is 0.378 e. The van der Waals surface area contributed by atoms with Crippen LogP contribution >= 0.6 is 0 Å². The highest BCUT2D eigenvalue weighted by molar-refractivity contribution is 7.92. The van der Waals surface area contributed by atoms with Crippen LogP contribution in [0.15, 0.2) is 42.5 Å². The Bertz CT molecular complexity index is 995. The van der Waals surface area contributed by atoms with Crippen LogP contribution in [0.25, 0.3) is 0 Å². The molecule has 1 atom stereocenters. The maximum absolute atomic E-state index is 12.8. The molecule has 2 aromatic carbocycles. The first-order valence-corrected chi connectivity index (χ1v) is 12.3. The molecular weight excluding hydrogens is 414 g/mol. The monoisotopic (exact) mass is 445 g/mol. The van der Waals surface area contributed by atoms with E-state index in [1.54, 1.807) is 19.1 Å². The molecule has 1 aliphatic rings. The van der Waals surface area contributed by atoms with Crippen molar-refractivity contribution in [2.24, 2.45) is 0 Å². The number of ether oxygens (including phenoxy) is 1. The standard InChI is InChI=1S/C23H31N3O4S/c1-17-13-18(2)15-22(14-17)26(31(4,28)29)19(3)23(27)24-16-20-5-7-21(8-6-20)25-9-11-30-12-10-25/h5-8,13-15,19H,9-12,16H2,1-4H3,(H,24,27)/t19-/m0/s1. The second-order valence-electron chi connectivity index (χ2n) is 8.06. The smallest absolute Gasteiger partial charge is 0.243 e. The number of aryl methyl sites for hydroxylation is 2. The molecule has 3 rings (SSSR count). The normalized spacial score (nSPS) is 15.4. The number of hydrogen-bond donors (Lipinski definition) is 1. The van der Waals surface area contributed by atoms with Crippen LogP contribution in [0.5, 0.6) is 0 Å². The number of benzene rings is 2. The predicted molar refractivity (Wildman–Crippen MR) is 124 cm³/mol. The van der Waals surface area contributed by atoms with Crippen molar-refractivity contribution in [3.63, 3.8) is 0 Å². The first-order chi connectivity index (χ1) is 14.6. The molecule has 7 nitrogen and oxygen atoms in total. The summed E-state index contributed by atoms with van der Waals surface area (Å²) in [5.74, 6) is -0.346. The maximum atomic E-state index is 12.8. The fourth-order valence-electron chi connectivity index (χ4n) is 3.87. The van der Waals surface area contributed by atoms with Crippen LogP contribution in [0.2, 0.25) is 0 Å². The van der Waals surface area contributed by atoms with E-state index in [1.807, 2.05) is 44.2 Å². The summed E-state index contributed by atoms with van der Waals surface area (Å²) in [7, 11) is -3.64. The molecule has 0 radical (unpaired) electrons. The quantitative estimate of drug-likeness (QED) is 0.709. The summed E-state index contributed by atoms with van der Waals surface area (Å²) in [6, 6.07) is 12.7. The third-order valence-electron chi connectivity index (χ3n) is 5.33. The van der Waals surface area contributed by atoms with E-state index in [1.165, 1.54) is 4.31 Å². The van der Waals surface area contributed by atoms with Gasteiger partial charge in [0.25, 0.3) is 0 Å². The van der Waals surface area contributed by atoms with E-state index >= 15 is 0 Å². The van der Waals surface area contributed by atoms with Gasteiger partial charge in [-0.3, -0.25) is 9.10 Å². The van der Waals surface area contributed by atoms with Crippen LogP contribution in [-0.2, 0) is 26.1 Å². The molecule has 1 N–H and O–H groups in total. The average molecular weight is 446 g/mol. The van der Waals surface area contributed by atoms with Gasteiger partial charge in [0, 0.05) is 25.3 Å². The fraction of sp³-hybridized carbons (Fsp3) is 0.435. The molecule has 8 heteroatoms. The Morgan fingerprint density at radius 2 is 1.68 bits per heavy atom. The molecule has 1 heterocycles. The van der Waals surface area contributed by atoms with Crippen molar-refractivity contribution < 1.29 is 17.9 Å². The van der Waals surface area contributed by atoms with Crippen molar-refractivity contribution in [2.75, 3.05) is 41.8 Å². The van der Waals surface area contributed by atoms with Gasteiger partial charge in [-0.15, -0.1) is 0 Å². The molecule has 0 unspecified atom stereocenters. The highest BCUT2D eigenvalue weighted by Crippen LogP contribution is 2.24. The van der Waals surface area contributed by atoms with Crippen LogP contribution in [0.3, 0.4) is 0 Å². The fourth-order valence-corrected chi connectivity index (χ4v) is 5.03. The summed E-state index contributed by atoms with van der Waals surface area (Å²) in [6.45, 7) is 8.94. The molecule has 31 heavy (non-hydrogen) atoms. The van der Waals surface area contributed by atoms with Crippen LogP contribution in [-0.4, -0.2) is 52.9 Å². The molecule has 1 saturated heterocycles. The van der Waals surface area contributed by atoms with Crippen molar-refractivity contribution in [1.29, 1.82) is 0 Å². The lowest BCUT2D eigenvalue weighted by Gasteiger charge is -2.29. The van der Waals surface area contributed by atoms with Gasteiger partial charge in [0.1, 0.15) is 6.04 Å². The molecule has 1 amide bonds. The Balaban J connectivity index is 1.68. The van der Waals surface area contributed by atoms with Crippen molar-refractivity contribution in [3.05, 3.63) is 59.2 Å². The summed E-state index contributed by atoms with van der Waals surface area (Å²) in [5, 5.41) is 2.87. The maximum Gasteiger partial charge on any atom is 0.243 e. The number of hydrogen-bond acceptors (Lipinski definition) is 5. The first-order valence-electron chi connectivity index (χ1n) is 10.4. The number of nitrogens with one attached hydrogen (secondary N) is 1. The molecule has 0 aromatic heterocycles. The lowest BCUT2D eigenvalue weighted by Crippen LogP contribution is -2.47. The summed E-state index contributed by atoms with van der Waals surface area (Å²) in [6.07, 6.45) is 1.12. The topological polar surface area (TPSA) is 79.0 Å². The van der Waals surface area contributed by atoms with Crippen LogP contribution in [0.4, 0.5) is 11.4 Å². The predicted octanol–water partition coefficient (Wildman–Crippen LogP) is 2.61. The zero-order chi connectivity index (χ0) is 22.6. The minimum atomic E-state index is -3.64. The van der Waals surface area contributed by atoms with Gasteiger partial charge in [-0.05, 0) is 61.7 Å². The summed E-state index contributed by atoms with van der Waals surface area (Å²) >= 11 is 0. The third kappa shape index (κ3) is 5.98. The van der Waals surface area contributed by atoms with Gasteiger partial charge in [-0.25, -0.2) is 8.42 Å². The number of rotatable bonds is 7. The van der Waals surface area contributed by atoms with Gasteiger partial charge < -0.3 is 15.0 Å². The summed E-state index contributed by atoms with van der Waals surface area (Å²) in [5.41, 5.74) is 4.46. The minimum absolute atomic E-state index is 0.330. The first kappa shape index (κ1) is 23.1. The van der Waals surface area contributed by atoms with E-state index in [4.69, 9.17) is 4.74 Å². The Kier molecular flexibility index (Phi) is 7.23. The summed E-state index contributed by atoms with van der Waals surface area (Å²) < 4.78 is 31.6. The lowest BCUT2D eigenvalue weighted by atomic mass is 10.1. The van der Waals surface area contributed by atoms with Gasteiger partial charge >= 0.3 is 0 Å². The Morgan fingerprint density at radius 3 is 2.23 bits per heavy atom. The Hall–Kier alpha value is -2.58. The van der Waals surface area contributed by atoms with E-state index in [0.29, 0.717) is 12.2 Å². The zero-order valence-corrected chi connectivity index (χ0v) is 19.4. The minimum Gasteiger partial charge on any atom is -0.378 e. The molecular formula is C23H31N3O4S. The summed E-state index contributed by atoms with van der Waals surface area (Å²) in [4.78, 5) is 15.1. The van der Waals surface area contributed by atoms with Crippen LogP contribution in [0.1, 0.15) is 23.6 Å². The van der Waals surface area contributed by atoms with Gasteiger partial charge in [0.2, 0.25) is 15.9 Å². The van der Waals surface area contributed by atoms with E-state index in [-0.39, 0.29) is 5.91 Å². The molecule has 1 aliphatic heterocycles. The van der Waals surface area contributed by atoms with Crippen molar-refractivity contribution in [2.45, 2.75) is 33.4 Å². The van der Waals surface area contributed by atoms with Crippen molar-refractivity contribution >= 4 is 27.3 Å². The second kappa shape index (κ2) is 9.70. The SMILES string of the molecule is Cc1cc(C)cc(N([C@@H](C)C(=O)NCc2ccc(N3CCOCC3)cc2)S(C)(=O)=O)c1. The second-order valence-corrected chi connectivity index (χ2v) is 9.92. The van der Waals surface area contributed by atoms with Gasteiger partial charge in [0.05, 0.1) is 25.2 Å². The van der Waals surface area contributed by atoms with E-state index in [0.717, 1.165) is 54.9 Å². The van der Waals surface area contributed by atoms with E-state index in [9.17, 15) is 13.2 Å². The van der Waals surface area contributed by atoms with Crippen molar-refractivity contribution in [1.82, 2.24) is 5.32 Å². The number of amides is 1. The molecule has 0 spiro atoms. The van der Waals surface area contributed by atoms with Crippen LogP contribution < -0.4 is 14.5 Å². The van der Waals surface area contributed by atoms with Crippen LogP contribution in [0, 0.1) is 13.8 Å². The van der Waals surface area contributed by atoms with Gasteiger partial charge in [-0.2, -0.15) is 0 Å². The number of morpholine rings is 1. The van der Waals surface area contributed by atoms with Crippen molar-refractivity contribution in [3.8, 4) is 0 Å². The number of carbonyl (C=O) groups excluding carboxylic acids is 1. The average Bonchev–Trinajstić information content (AvgIpc) is 2.71. The molecule has 168 valence electrons. The Morgan fingerprint density at radius 1 is 1.10 bits per heavy atom. The van der Waals surface area contributed by atoms with E-state index < -0.39 is 16.1 Å². The van der Waals surface area contributed by atoms with Gasteiger partial charge in [-0.1, -0.05) is 18.2 Å². The zero-order valence-electron chi connectivity index (χ0n) is 18.6. The Labute approximate surface area is 185 Å². The highest BCUT2D eigenvalue weighted by atomic mass is 32.2. The number of carbonyl (C=O) groups is 1. The molecule has 0 saturated carbocycles. The van der Waals surface area contributed by atoms with Gasteiger partial charge in [0.15, 0.2) is 0 Å². The number of sulfonamides is 1. The molecule has 1 fully saturated rings. The highest BCUT2D eigenvalue weighted by Gasteiger charge is 2.29. The lowest BCUT2D eigenvalue weighted by molar-refractivity contribution is -0.122. The molecule has 2 aromatic rings.